The lowest BCUT2D eigenvalue weighted by Crippen LogP contribution is -1.92. The number of hydrogen-bond donors (Lipinski definition) is 0. The van der Waals surface area contributed by atoms with Crippen LogP contribution in [0.15, 0.2) is 11.6 Å². The second-order valence-corrected chi connectivity index (χ2v) is 3.34. The van der Waals surface area contributed by atoms with E-state index in [2.05, 4.69) is 6.08 Å². The van der Waals surface area contributed by atoms with Gasteiger partial charge in [0, 0.05) is 6.42 Å². The number of carbonyl (C=O) groups is 1. The lowest BCUT2D eigenvalue weighted by molar-refractivity contribution is -0.116. The minimum absolute atomic E-state index is 0.304. The topological polar surface area (TPSA) is 17.1 Å². The van der Waals surface area contributed by atoms with Gasteiger partial charge in [-0.25, -0.2) is 0 Å². The van der Waals surface area contributed by atoms with Crippen molar-refractivity contribution in [3.63, 3.8) is 0 Å². The third-order valence-corrected chi connectivity index (χ3v) is 2.11. The fourth-order valence-electron chi connectivity index (χ4n) is 1.56. The summed E-state index contributed by atoms with van der Waals surface area (Å²) < 4.78 is 0. The fourth-order valence-corrected chi connectivity index (χ4v) is 1.56. The van der Waals surface area contributed by atoms with Gasteiger partial charge < -0.3 is 0 Å². The molecule has 0 amide bonds. The molecule has 0 radical (unpaired) electrons. The van der Waals surface area contributed by atoms with E-state index in [4.69, 9.17) is 0 Å². The van der Waals surface area contributed by atoms with Crippen molar-refractivity contribution in [1.29, 1.82) is 0 Å². The van der Waals surface area contributed by atoms with Gasteiger partial charge in [0.25, 0.3) is 0 Å². The van der Waals surface area contributed by atoms with Crippen LogP contribution < -0.4 is 0 Å². The van der Waals surface area contributed by atoms with Gasteiger partial charge in [-0.15, -0.1) is 0 Å². The average molecular weight is 152 g/mol. The highest BCUT2D eigenvalue weighted by Gasteiger charge is 2.04. The minimum atomic E-state index is 0.304. The summed E-state index contributed by atoms with van der Waals surface area (Å²) in [5, 5.41) is 0. The van der Waals surface area contributed by atoms with E-state index in [1.54, 1.807) is 6.92 Å². The maximum atomic E-state index is 10.8. The smallest absolute Gasteiger partial charge is 0.133 e. The normalized spacial score (nSPS) is 18.8. The highest BCUT2D eigenvalue weighted by molar-refractivity contribution is 5.78. The van der Waals surface area contributed by atoms with Gasteiger partial charge in [0.2, 0.25) is 0 Å². The molecule has 1 rings (SSSR count). The Morgan fingerprint density at radius 1 is 1.45 bits per heavy atom. The summed E-state index contributed by atoms with van der Waals surface area (Å²) in [5.74, 6) is 0.304. The summed E-state index contributed by atoms with van der Waals surface area (Å²) >= 11 is 0. The maximum Gasteiger partial charge on any atom is 0.133 e. The van der Waals surface area contributed by atoms with E-state index in [-0.39, 0.29) is 0 Å². The van der Waals surface area contributed by atoms with E-state index in [1.165, 1.54) is 31.3 Å². The molecule has 0 bridgehead atoms. The predicted octanol–water partition coefficient (Wildman–Crippen LogP) is 2.86. The molecule has 0 aromatic heterocycles. The van der Waals surface area contributed by atoms with Crippen LogP contribution in [0.2, 0.25) is 0 Å². The SMILES string of the molecule is CC(=O)CC1=CCCCCC1. The summed E-state index contributed by atoms with van der Waals surface area (Å²) in [5.41, 5.74) is 1.37. The van der Waals surface area contributed by atoms with Crippen LogP contribution in [-0.4, -0.2) is 5.78 Å². The second-order valence-electron chi connectivity index (χ2n) is 3.34. The maximum absolute atomic E-state index is 10.8. The molecule has 1 heteroatoms. The van der Waals surface area contributed by atoms with Gasteiger partial charge in [-0.2, -0.15) is 0 Å². The second kappa shape index (κ2) is 4.32. The lowest BCUT2D eigenvalue weighted by atomic mass is 10.1. The number of carbonyl (C=O) groups excluding carboxylic acids is 1. The Morgan fingerprint density at radius 3 is 3.00 bits per heavy atom. The first kappa shape index (κ1) is 8.51. The lowest BCUT2D eigenvalue weighted by Gasteiger charge is -2.00. The Balaban J connectivity index is 2.40. The van der Waals surface area contributed by atoms with Crippen molar-refractivity contribution in [1.82, 2.24) is 0 Å². The van der Waals surface area contributed by atoms with E-state index < -0.39 is 0 Å². The van der Waals surface area contributed by atoms with E-state index in [0.29, 0.717) is 12.2 Å². The monoisotopic (exact) mass is 152 g/mol. The zero-order chi connectivity index (χ0) is 8.10. The third kappa shape index (κ3) is 3.35. The quantitative estimate of drug-likeness (QED) is 0.556. The average Bonchev–Trinajstić information content (AvgIpc) is 2.14. The molecule has 1 aliphatic rings. The molecule has 0 saturated heterocycles. The van der Waals surface area contributed by atoms with Gasteiger partial charge in [0.05, 0.1) is 0 Å². The van der Waals surface area contributed by atoms with Crippen LogP contribution in [0, 0.1) is 0 Å². The molecule has 11 heavy (non-hydrogen) atoms. The summed E-state index contributed by atoms with van der Waals surface area (Å²) in [6.07, 6.45) is 9.20. The van der Waals surface area contributed by atoms with E-state index in [1.807, 2.05) is 0 Å². The first-order valence-corrected chi connectivity index (χ1v) is 4.46. The molecule has 62 valence electrons. The zero-order valence-electron chi connectivity index (χ0n) is 7.23. The zero-order valence-corrected chi connectivity index (χ0v) is 7.23. The molecule has 0 N–H and O–H groups in total. The molecular formula is C10H16O. The molecule has 0 aromatic rings. The minimum Gasteiger partial charge on any atom is -0.300 e. The Hall–Kier alpha value is -0.590. The number of Topliss-reactive ketones (excluding diaryl/α,β-unsaturated/α-hetero) is 1. The van der Waals surface area contributed by atoms with E-state index in [0.717, 1.165) is 6.42 Å². The number of hydrogen-bond acceptors (Lipinski definition) is 1. The first-order chi connectivity index (χ1) is 5.29. The fraction of sp³-hybridized carbons (Fsp3) is 0.700. The standard InChI is InChI=1S/C10H16O/c1-9(11)8-10-6-4-2-3-5-7-10/h6H,2-5,7-8H2,1H3. The van der Waals surface area contributed by atoms with E-state index in [9.17, 15) is 4.79 Å². The van der Waals surface area contributed by atoms with Crippen molar-refractivity contribution < 1.29 is 4.79 Å². The van der Waals surface area contributed by atoms with Gasteiger partial charge in [-0.1, -0.05) is 18.1 Å². The summed E-state index contributed by atoms with van der Waals surface area (Å²) in [6.45, 7) is 1.67. The van der Waals surface area contributed by atoms with Crippen LogP contribution >= 0.6 is 0 Å². The molecule has 0 fully saturated rings. The first-order valence-electron chi connectivity index (χ1n) is 4.46. The molecular weight excluding hydrogens is 136 g/mol. The number of rotatable bonds is 2. The van der Waals surface area contributed by atoms with Crippen LogP contribution in [-0.2, 0) is 4.79 Å². The Labute approximate surface area is 68.5 Å². The van der Waals surface area contributed by atoms with Gasteiger partial charge >= 0.3 is 0 Å². The third-order valence-electron chi connectivity index (χ3n) is 2.11. The predicted molar refractivity (Wildman–Crippen MR) is 46.5 cm³/mol. The van der Waals surface area contributed by atoms with Gasteiger partial charge in [-0.05, 0) is 32.6 Å². The molecule has 0 spiro atoms. The summed E-state index contributed by atoms with van der Waals surface area (Å²) in [4.78, 5) is 10.8. The molecule has 1 nitrogen and oxygen atoms in total. The molecule has 1 aliphatic carbocycles. The van der Waals surface area contributed by atoms with Crippen molar-refractivity contribution in [2.75, 3.05) is 0 Å². The van der Waals surface area contributed by atoms with Gasteiger partial charge in [0.15, 0.2) is 0 Å². The Kier molecular flexibility index (Phi) is 3.34. The van der Waals surface area contributed by atoms with Crippen molar-refractivity contribution in [2.45, 2.75) is 45.4 Å². The van der Waals surface area contributed by atoms with Crippen molar-refractivity contribution >= 4 is 5.78 Å². The van der Waals surface area contributed by atoms with Crippen molar-refractivity contribution in [3.05, 3.63) is 11.6 Å². The van der Waals surface area contributed by atoms with Crippen LogP contribution in [0.3, 0.4) is 0 Å². The molecule has 0 atom stereocenters. The largest absolute Gasteiger partial charge is 0.300 e. The molecule has 0 heterocycles. The summed E-state index contributed by atoms with van der Waals surface area (Å²) in [7, 11) is 0. The molecule has 0 aromatic carbocycles. The Bertz CT molecular complexity index is 168. The van der Waals surface area contributed by atoms with E-state index >= 15 is 0 Å². The highest BCUT2D eigenvalue weighted by atomic mass is 16.1. The highest BCUT2D eigenvalue weighted by Crippen LogP contribution is 2.19. The van der Waals surface area contributed by atoms with Gasteiger partial charge in [0.1, 0.15) is 5.78 Å². The number of allylic oxidation sites excluding steroid dienone is 2. The van der Waals surface area contributed by atoms with Crippen LogP contribution in [0.5, 0.6) is 0 Å². The van der Waals surface area contributed by atoms with Gasteiger partial charge in [-0.3, -0.25) is 4.79 Å². The van der Waals surface area contributed by atoms with Crippen LogP contribution in [0.4, 0.5) is 0 Å². The van der Waals surface area contributed by atoms with Crippen molar-refractivity contribution in [2.24, 2.45) is 0 Å². The van der Waals surface area contributed by atoms with Crippen LogP contribution in [0.25, 0.3) is 0 Å². The summed E-state index contributed by atoms with van der Waals surface area (Å²) in [6, 6.07) is 0. The van der Waals surface area contributed by atoms with Crippen molar-refractivity contribution in [3.8, 4) is 0 Å². The number of ketones is 1. The molecule has 0 saturated carbocycles. The molecule has 0 aliphatic heterocycles. The Morgan fingerprint density at radius 2 is 2.27 bits per heavy atom. The van der Waals surface area contributed by atoms with Crippen LogP contribution in [0.1, 0.15) is 45.4 Å². The molecule has 0 unspecified atom stereocenters.